The molecule has 0 spiro atoms. The standard InChI is InChI=1S/C33H42ClN3O4S/c1-6-26(4)35-33(39)31(22-27-11-8-7-9-12-27)36(23-28-16-18-29(34)19-17-28)32(38)13-10-20-37(42(5,40)41)30-21-24(2)14-15-25(30)3/h7-9,11-12,14-19,21,26,31H,6,10,13,20,22-23H2,1-5H3,(H,35,39)/t26-,31-/m0/s1. The van der Waals surface area contributed by atoms with E-state index in [1.54, 1.807) is 17.0 Å². The van der Waals surface area contributed by atoms with Gasteiger partial charge in [0.15, 0.2) is 0 Å². The molecule has 9 heteroatoms. The monoisotopic (exact) mass is 611 g/mol. The number of carbonyl (C=O) groups is 2. The van der Waals surface area contributed by atoms with Gasteiger partial charge in [0.2, 0.25) is 21.8 Å². The number of amides is 2. The predicted molar refractivity (Wildman–Crippen MR) is 171 cm³/mol. The number of nitrogens with zero attached hydrogens (tertiary/aromatic N) is 2. The van der Waals surface area contributed by atoms with E-state index in [0.717, 1.165) is 28.7 Å². The Hall–Kier alpha value is -3.36. The molecule has 0 radical (unpaired) electrons. The third-order valence-corrected chi connectivity index (χ3v) is 8.76. The molecule has 3 rings (SSSR count). The van der Waals surface area contributed by atoms with Crippen LogP contribution in [0.5, 0.6) is 0 Å². The van der Waals surface area contributed by atoms with Crippen LogP contribution in [0.2, 0.25) is 5.02 Å². The average Bonchev–Trinajstić information content (AvgIpc) is 2.95. The molecule has 0 aliphatic heterocycles. The van der Waals surface area contributed by atoms with E-state index in [0.29, 0.717) is 23.6 Å². The normalized spacial score (nSPS) is 12.8. The summed E-state index contributed by atoms with van der Waals surface area (Å²) in [4.78, 5) is 29.2. The molecule has 0 saturated heterocycles. The van der Waals surface area contributed by atoms with E-state index in [9.17, 15) is 18.0 Å². The number of hydrogen-bond acceptors (Lipinski definition) is 4. The maximum Gasteiger partial charge on any atom is 0.243 e. The van der Waals surface area contributed by atoms with Gasteiger partial charge in [-0.3, -0.25) is 13.9 Å². The number of hydrogen-bond donors (Lipinski definition) is 1. The van der Waals surface area contributed by atoms with Crippen LogP contribution in [-0.4, -0.2) is 50.0 Å². The van der Waals surface area contributed by atoms with Gasteiger partial charge in [-0.15, -0.1) is 0 Å². The first-order valence-corrected chi connectivity index (χ1v) is 16.5. The fourth-order valence-corrected chi connectivity index (χ4v) is 5.89. The third-order valence-electron chi connectivity index (χ3n) is 7.32. The molecule has 0 aliphatic rings. The molecule has 0 aromatic heterocycles. The Morgan fingerprint density at radius 3 is 2.24 bits per heavy atom. The maximum atomic E-state index is 13.9. The van der Waals surface area contributed by atoms with Crippen molar-refractivity contribution in [2.24, 2.45) is 0 Å². The first kappa shape index (κ1) is 33.1. The van der Waals surface area contributed by atoms with E-state index < -0.39 is 16.1 Å². The molecular formula is C33H42ClN3O4S. The van der Waals surface area contributed by atoms with Crippen molar-refractivity contribution in [1.29, 1.82) is 0 Å². The number of benzene rings is 3. The van der Waals surface area contributed by atoms with Crippen LogP contribution >= 0.6 is 11.6 Å². The van der Waals surface area contributed by atoms with E-state index in [4.69, 9.17) is 11.6 Å². The van der Waals surface area contributed by atoms with Crippen LogP contribution in [0.1, 0.15) is 55.4 Å². The Balaban J connectivity index is 1.90. The van der Waals surface area contributed by atoms with E-state index >= 15 is 0 Å². The van der Waals surface area contributed by atoms with E-state index in [1.165, 1.54) is 10.6 Å². The summed E-state index contributed by atoms with van der Waals surface area (Å²) in [5.41, 5.74) is 4.18. The number of carbonyl (C=O) groups excluding carboxylic acids is 2. The van der Waals surface area contributed by atoms with Gasteiger partial charge in [-0.2, -0.15) is 0 Å². The van der Waals surface area contributed by atoms with E-state index in [2.05, 4.69) is 5.32 Å². The summed E-state index contributed by atoms with van der Waals surface area (Å²) in [6, 6.07) is 21.7. The quantitative estimate of drug-likeness (QED) is 0.240. The van der Waals surface area contributed by atoms with Gasteiger partial charge in [0.25, 0.3) is 0 Å². The minimum absolute atomic E-state index is 0.0517. The van der Waals surface area contributed by atoms with E-state index in [1.807, 2.05) is 88.4 Å². The van der Waals surface area contributed by atoms with E-state index in [-0.39, 0.29) is 37.4 Å². The van der Waals surface area contributed by atoms with Crippen molar-refractivity contribution in [3.8, 4) is 0 Å². The molecule has 3 aromatic rings. The zero-order chi connectivity index (χ0) is 30.9. The second-order valence-corrected chi connectivity index (χ2v) is 13.2. The minimum Gasteiger partial charge on any atom is -0.352 e. The number of sulfonamides is 1. The minimum atomic E-state index is -3.58. The SMILES string of the molecule is CC[C@H](C)NC(=O)[C@H](Cc1ccccc1)N(Cc1ccc(Cl)cc1)C(=O)CCCN(c1cc(C)ccc1C)S(C)(=O)=O. The molecule has 226 valence electrons. The smallest absolute Gasteiger partial charge is 0.243 e. The summed E-state index contributed by atoms with van der Waals surface area (Å²) in [7, 11) is -3.58. The summed E-state index contributed by atoms with van der Waals surface area (Å²) in [5.74, 6) is -0.441. The molecule has 2 amide bonds. The van der Waals surface area contributed by atoms with Crippen LogP contribution in [0.4, 0.5) is 5.69 Å². The van der Waals surface area contributed by atoms with Gasteiger partial charge in [0, 0.05) is 37.0 Å². The van der Waals surface area contributed by atoms with Gasteiger partial charge in [-0.05, 0) is 74.1 Å². The van der Waals surface area contributed by atoms with Crippen molar-refractivity contribution in [2.75, 3.05) is 17.1 Å². The van der Waals surface area contributed by atoms with Crippen molar-refractivity contribution >= 4 is 39.1 Å². The fourth-order valence-electron chi connectivity index (χ4n) is 4.75. The lowest BCUT2D eigenvalue weighted by Gasteiger charge is -2.33. The number of aryl methyl sites for hydroxylation is 2. The zero-order valence-electron chi connectivity index (χ0n) is 25.1. The Morgan fingerprint density at radius 1 is 0.952 bits per heavy atom. The molecule has 0 heterocycles. The highest BCUT2D eigenvalue weighted by molar-refractivity contribution is 7.92. The first-order chi connectivity index (χ1) is 19.9. The molecule has 7 nitrogen and oxygen atoms in total. The van der Waals surface area contributed by atoms with Crippen molar-refractivity contribution in [1.82, 2.24) is 10.2 Å². The Morgan fingerprint density at radius 2 is 1.62 bits per heavy atom. The molecular weight excluding hydrogens is 570 g/mol. The molecule has 0 saturated carbocycles. The van der Waals surface area contributed by atoms with Gasteiger partial charge in [-0.25, -0.2) is 8.42 Å². The van der Waals surface area contributed by atoms with Crippen molar-refractivity contribution in [2.45, 2.75) is 72.0 Å². The molecule has 0 unspecified atom stereocenters. The van der Waals surface area contributed by atoms with Crippen molar-refractivity contribution in [3.05, 3.63) is 100 Å². The van der Waals surface area contributed by atoms with Gasteiger partial charge >= 0.3 is 0 Å². The maximum absolute atomic E-state index is 13.9. The number of halogens is 1. The van der Waals surface area contributed by atoms with Crippen LogP contribution in [0, 0.1) is 13.8 Å². The second-order valence-electron chi connectivity index (χ2n) is 10.9. The molecule has 0 fully saturated rings. The number of anilines is 1. The highest BCUT2D eigenvalue weighted by atomic mass is 35.5. The van der Waals surface area contributed by atoms with Crippen molar-refractivity contribution < 1.29 is 18.0 Å². The molecule has 1 N–H and O–H groups in total. The van der Waals surface area contributed by atoms with Gasteiger partial charge in [0.05, 0.1) is 11.9 Å². The highest BCUT2D eigenvalue weighted by Gasteiger charge is 2.31. The summed E-state index contributed by atoms with van der Waals surface area (Å²) >= 11 is 6.11. The summed E-state index contributed by atoms with van der Waals surface area (Å²) in [6.45, 7) is 8.09. The number of rotatable bonds is 14. The lowest BCUT2D eigenvalue weighted by molar-refractivity contribution is -0.141. The highest BCUT2D eigenvalue weighted by Crippen LogP contribution is 2.25. The molecule has 0 aliphatic carbocycles. The molecule has 3 aromatic carbocycles. The van der Waals surface area contributed by atoms with Gasteiger partial charge in [-0.1, -0.05) is 73.1 Å². The van der Waals surface area contributed by atoms with Gasteiger partial charge < -0.3 is 10.2 Å². The van der Waals surface area contributed by atoms with Crippen LogP contribution in [0.15, 0.2) is 72.8 Å². The fraction of sp³-hybridized carbons (Fsp3) is 0.394. The lowest BCUT2D eigenvalue weighted by atomic mass is 10.0. The second kappa shape index (κ2) is 15.2. The average molecular weight is 612 g/mol. The van der Waals surface area contributed by atoms with Crippen LogP contribution in [0.25, 0.3) is 0 Å². The topological polar surface area (TPSA) is 86.8 Å². The lowest BCUT2D eigenvalue weighted by Crippen LogP contribution is -2.52. The Bertz CT molecular complexity index is 1450. The Labute approximate surface area is 255 Å². The Kier molecular flexibility index (Phi) is 12.0. The molecule has 0 bridgehead atoms. The largest absolute Gasteiger partial charge is 0.352 e. The van der Waals surface area contributed by atoms with Crippen LogP contribution in [0.3, 0.4) is 0 Å². The van der Waals surface area contributed by atoms with Crippen LogP contribution < -0.4 is 9.62 Å². The van der Waals surface area contributed by atoms with Crippen molar-refractivity contribution in [3.63, 3.8) is 0 Å². The third kappa shape index (κ3) is 9.60. The summed E-state index contributed by atoms with van der Waals surface area (Å²) < 4.78 is 26.9. The van der Waals surface area contributed by atoms with Gasteiger partial charge in [0.1, 0.15) is 6.04 Å². The molecule has 2 atom stereocenters. The summed E-state index contributed by atoms with van der Waals surface area (Å²) in [6.07, 6.45) is 2.65. The zero-order valence-corrected chi connectivity index (χ0v) is 26.7. The van der Waals surface area contributed by atoms with Crippen LogP contribution in [-0.2, 0) is 32.6 Å². The first-order valence-electron chi connectivity index (χ1n) is 14.3. The predicted octanol–water partition coefficient (Wildman–Crippen LogP) is 6.06. The number of nitrogens with one attached hydrogen (secondary N) is 1. The molecule has 42 heavy (non-hydrogen) atoms. The summed E-state index contributed by atoms with van der Waals surface area (Å²) in [5, 5.41) is 3.65.